The average Bonchev–Trinajstić information content (AvgIpc) is 3.17. The molecule has 13 nitrogen and oxygen atoms in total. The first-order valence-electron chi connectivity index (χ1n) is 19.0. The molecule has 2 heterocycles. The van der Waals surface area contributed by atoms with Crippen LogP contribution in [-0.2, 0) is 49.9 Å². The summed E-state index contributed by atoms with van der Waals surface area (Å²) in [7, 11) is 1.87. The molecule has 0 aliphatic carbocycles. The van der Waals surface area contributed by atoms with Gasteiger partial charge >= 0.3 is 0 Å². The predicted octanol–water partition coefficient (Wildman–Crippen LogP) is 2.60. The van der Waals surface area contributed by atoms with E-state index in [4.69, 9.17) is 6.42 Å². The maximum atomic E-state index is 14.5. The van der Waals surface area contributed by atoms with E-state index in [0.29, 0.717) is 70.8 Å². The van der Waals surface area contributed by atoms with Crippen LogP contribution in [0.1, 0.15) is 55.9 Å². The molecule has 4 rings (SSSR count). The van der Waals surface area contributed by atoms with Crippen molar-refractivity contribution in [3.8, 4) is 12.3 Å². The number of rotatable bonds is 16. The number of terminal acetylenes is 1. The highest BCUT2D eigenvalue weighted by Crippen LogP contribution is 2.34. The van der Waals surface area contributed by atoms with Gasteiger partial charge in [0.1, 0.15) is 13.2 Å². The van der Waals surface area contributed by atoms with E-state index < -0.39 is 5.41 Å². The molecule has 294 valence electrons. The molecule has 2 aromatic rings. The lowest BCUT2D eigenvalue weighted by Crippen LogP contribution is -2.54. The topological polar surface area (TPSA) is 147 Å². The molecule has 2 aliphatic heterocycles. The second kappa shape index (κ2) is 21.0. The van der Waals surface area contributed by atoms with Crippen molar-refractivity contribution in [1.82, 2.24) is 30.2 Å². The molecule has 0 saturated carbocycles. The smallest absolute Gasteiger partial charge is 0.244 e. The summed E-state index contributed by atoms with van der Waals surface area (Å²) < 4.78 is 0. The zero-order valence-electron chi connectivity index (χ0n) is 32.7. The number of piperidine rings is 1. The van der Waals surface area contributed by atoms with E-state index in [-0.39, 0.29) is 62.3 Å². The summed E-state index contributed by atoms with van der Waals surface area (Å²) in [6.07, 6.45) is 11.6. The van der Waals surface area contributed by atoms with Crippen LogP contribution in [0.25, 0.3) is 0 Å². The number of anilines is 1. The van der Waals surface area contributed by atoms with Crippen molar-refractivity contribution in [2.75, 3.05) is 71.4 Å². The van der Waals surface area contributed by atoms with Crippen LogP contribution in [0.4, 0.5) is 5.69 Å². The zero-order chi connectivity index (χ0) is 39.8. The van der Waals surface area contributed by atoms with Gasteiger partial charge in [0, 0.05) is 76.6 Å². The number of nitrogens with zero attached hydrogens (tertiary/aromatic N) is 5. The standard InChI is InChI=1S/C42H56N8O5/c1-6-8-11-18-44-31-45-38(52)26-36-25-37(15-14-33(36)7-2)46-39(53)29-50(28-35-13-10-9-12-34(35)27-43-5)41(55)42(4)16-19-49(20-17-42)40(54)30-47-21-23-48(24-22-47)32(3)51/h1,8-15,18,25,43H,7,16-17,19-24,26-31H2,2-5H3,(H,45,52)(H,46,53)/b11-8-,44-18?. The fourth-order valence-electron chi connectivity index (χ4n) is 7.01. The lowest BCUT2D eigenvalue weighted by molar-refractivity contribution is -0.149. The van der Waals surface area contributed by atoms with Crippen molar-refractivity contribution < 1.29 is 24.0 Å². The monoisotopic (exact) mass is 752 g/mol. The van der Waals surface area contributed by atoms with Gasteiger partial charge in [0.05, 0.1) is 13.0 Å². The van der Waals surface area contributed by atoms with Gasteiger partial charge in [0.15, 0.2) is 0 Å². The fraction of sp³-hybridized carbons (Fsp3) is 0.476. The molecule has 0 radical (unpaired) electrons. The number of amides is 5. The molecular formula is C42H56N8O5. The molecule has 0 bridgehead atoms. The molecule has 2 fully saturated rings. The van der Waals surface area contributed by atoms with Crippen molar-refractivity contribution in [2.24, 2.45) is 10.4 Å². The minimum Gasteiger partial charge on any atom is -0.342 e. The van der Waals surface area contributed by atoms with E-state index in [1.54, 1.807) is 28.9 Å². The summed E-state index contributed by atoms with van der Waals surface area (Å²) in [6, 6.07) is 13.4. The van der Waals surface area contributed by atoms with E-state index >= 15 is 0 Å². The quantitative estimate of drug-likeness (QED) is 0.177. The SMILES string of the molecule is C#C/C=C\C=NCNC(=O)Cc1cc(NC(=O)CN(Cc2ccccc2CNC)C(=O)C2(C)CCN(C(=O)CN3CCN(C(C)=O)CC3)CC2)ccc1CC. The third kappa shape index (κ3) is 12.6. The second-order valence-electron chi connectivity index (χ2n) is 14.4. The summed E-state index contributed by atoms with van der Waals surface area (Å²) in [6.45, 7) is 10.0. The Hall–Kier alpha value is -5.32. The molecule has 0 aromatic heterocycles. The van der Waals surface area contributed by atoms with Gasteiger partial charge in [-0.2, -0.15) is 0 Å². The molecule has 55 heavy (non-hydrogen) atoms. The van der Waals surface area contributed by atoms with Gasteiger partial charge in [-0.15, -0.1) is 6.42 Å². The van der Waals surface area contributed by atoms with E-state index in [0.717, 1.165) is 22.3 Å². The molecule has 13 heteroatoms. The first-order valence-corrected chi connectivity index (χ1v) is 19.0. The highest BCUT2D eigenvalue weighted by atomic mass is 16.2. The van der Waals surface area contributed by atoms with E-state index in [9.17, 15) is 24.0 Å². The van der Waals surface area contributed by atoms with Crippen LogP contribution in [0.5, 0.6) is 0 Å². The van der Waals surface area contributed by atoms with Crippen LogP contribution in [-0.4, -0.2) is 121 Å². The maximum Gasteiger partial charge on any atom is 0.244 e. The molecule has 0 spiro atoms. The summed E-state index contributed by atoms with van der Waals surface area (Å²) in [5.41, 5.74) is 3.51. The minimum atomic E-state index is -0.771. The van der Waals surface area contributed by atoms with Crippen LogP contribution in [0.2, 0.25) is 0 Å². The van der Waals surface area contributed by atoms with Crippen LogP contribution in [0.3, 0.4) is 0 Å². The predicted molar refractivity (Wildman–Crippen MR) is 215 cm³/mol. The number of carbonyl (C=O) groups excluding carboxylic acids is 5. The number of hydrogen-bond acceptors (Lipinski definition) is 8. The van der Waals surface area contributed by atoms with E-state index in [1.807, 2.05) is 62.2 Å². The number of carbonyl (C=O) groups is 5. The molecule has 2 aromatic carbocycles. The molecule has 2 aliphatic rings. The average molecular weight is 753 g/mol. The van der Waals surface area contributed by atoms with Gasteiger partial charge in [-0.25, -0.2) is 0 Å². The number of aryl methyl sites for hydroxylation is 1. The molecule has 0 unspecified atom stereocenters. The minimum absolute atomic E-state index is 0.0240. The van der Waals surface area contributed by atoms with Gasteiger partial charge in [-0.1, -0.05) is 50.1 Å². The van der Waals surface area contributed by atoms with E-state index in [2.05, 4.69) is 31.8 Å². The van der Waals surface area contributed by atoms with Crippen LogP contribution in [0, 0.1) is 17.8 Å². The summed E-state index contributed by atoms with van der Waals surface area (Å²) >= 11 is 0. The Bertz CT molecular complexity index is 1770. The number of nitrogens with one attached hydrogen (secondary N) is 3. The molecule has 3 N–H and O–H groups in total. The summed E-state index contributed by atoms with van der Waals surface area (Å²) in [4.78, 5) is 77.4. The van der Waals surface area contributed by atoms with Gasteiger partial charge in [-0.05, 0) is 72.8 Å². The highest BCUT2D eigenvalue weighted by molar-refractivity contribution is 5.95. The first-order chi connectivity index (χ1) is 26.5. The highest BCUT2D eigenvalue weighted by Gasteiger charge is 2.41. The van der Waals surface area contributed by atoms with Gasteiger partial charge in [0.25, 0.3) is 0 Å². The lowest BCUT2D eigenvalue weighted by atomic mass is 9.78. The third-order valence-corrected chi connectivity index (χ3v) is 10.4. The van der Waals surface area contributed by atoms with Crippen molar-refractivity contribution >= 4 is 41.4 Å². The van der Waals surface area contributed by atoms with Gasteiger partial charge < -0.3 is 30.7 Å². The van der Waals surface area contributed by atoms with Gasteiger partial charge in [-0.3, -0.25) is 33.9 Å². The van der Waals surface area contributed by atoms with Crippen molar-refractivity contribution in [1.29, 1.82) is 0 Å². The van der Waals surface area contributed by atoms with Crippen LogP contribution >= 0.6 is 0 Å². The zero-order valence-corrected chi connectivity index (χ0v) is 32.7. The van der Waals surface area contributed by atoms with Crippen LogP contribution in [0.15, 0.2) is 59.6 Å². The maximum absolute atomic E-state index is 14.5. The van der Waals surface area contributed by atoms with Crippen LogP contribution < -0.4 is 16.0 Å². The Balaban J connectivity index is 1.43. The Morgan fingerprint density at radius 1 is 0.927 bits per heavy atom. The summed E-state index contributed by atoms with van der Waals surface area (Å²) in [5, 5.41) is 8.93. The van der Waals surface area contributed by atoms with Crippen molar-refractivity contribution in [2.45, 2.75) is 59.5 Å². The number of likely N-dealkylation sites (tertiary alicyclic amines) is 1. The Labute approximate surface area is 325 Å². The Morgan fingerprint density at radius 3 is 2.29 bits per heavy atom. The Kier molecular flexibility index (Phi) is 16.2. The lowest BCUT2D eigenvalue weighted by Gasteiger charge is -2.42. The van der Waals surface area contributed by atoms with Crippen molar-refractivity contribution in [3.63, 3.8) is 0 Å². The largest absolute Gasteiger partial charge is 0.342 e. The first kappa shape index (κ1) is 42.4. The normalized spacial score (nSPS) is 15.8. The molecule has 5 amide bonds. The molecular weight excluding hydrogens is 697 g/mol. The number of hydrogen-bond donors (Lipinski definition) is 3. The number of benzene rings is 2. The number of aliphatic imine (C=N–C) groups is 1. The summed E-state index contributed by atoms with van der Waals surface area (Å²) in [5.74, 6) is 1.75. The Morgan fingerprint density at radius 2 is 1.64 bits per heavy atom. The third-order valence-electron chi connectivity index (χ3n) is 10.4. The number of piperazine rings is 1. The molecule has 2 saturated heterocycles. The fourth-order valence-corrected chi connectivity index (χ4v) is 7.01. The van der Waals surface area contributed by atoms with Crippen molar-refractivity contribution in [3.05, 3.63) is 76.9 Å². The second-order valence-corrected chi connectivity index (χ2v) is 14.4. The van der Waals surface area contributed by atoms with E-state index in [1.165, 1.54) is 12.3 Å². The molecule has 0 atom stereocenters. The van der Waals surface area contributed by atoms with Gasteiger partial charge in [0.2, 0.25) is 29.5 Å². The number of allylic oxidation sites excluding steroid dienone is 2.